The van der Waals surface area contributed by atoms with Crippen LogP contribution in [0.25, 0.3) is 103 Å². The number of rotatable bonds is 2. The lowest BCUT2D eigenvalue weighted by molar-refractivity contribution is 0.669. The first-order valence-electron chi connectivity index (χ1n) is 15.5. The first kappa shape index (κ1) is 24.5. The first-order valence-corrected chi connectivity index (χ1v) is 16.3. The lowest BCUT2D eigenvalue weighted by atomic mass is 10.0. The minimum Gasteiger partial charge on any atom is -0.456 e. The van der Waals surface area contributed by atoms with Gasteiger partial charge in [0.15, 0.2) is 0 Å². The molecule has 214 valence electrons. The molecule has 0 aliphatic carbocycles. The number of benzene rings is 7. The number of para-hydroxylation sites is 3. The fourth-order valence-electron chi connectivity index (χ4n) is 7.50. The van der Waals surface area contributed by atoms with Crippen LogP contribution in [-0.2, 0) is 0 Å². The van der Waals surface area contributed by atoms with Crippen molar-refractivity contribution in [2.24, 2.45) is 0 Å². The Kier molecular flexibility index (Phi) is 4.72. The third-order valence-corrected chi connectivity index (χ3v) is 10.7. The molecule has 0 aliphatic rings. The van der Waals surface area contributed by atoms with E-state index < -0.39 is 0 Å². The highest BCUT2D eigenvalue weighted by Gasteiger charge is 2.19. The molecule has 4 heterocycles. The van der Waals surface area contributed by atoms with Crippen LogP contribution in [0.3, 0.4) is 0 Å². The van der Waals surface area contributed by atoms with E-state index >= 15 is 0 Å². The maximum Gasteiger partial charge on any atom is 0.145 e. The normalized spacial score (nSPS) is 12.3. The van der Waals surface area contributed by atoms with E-state index in [0.29, 0.717) is 0 Å². The second-order valence-corrected chi connectivity index (χ2v) is 13.2. The SMILES string of the molecule is c1ccc2c(c1)oc1ccc(-c3ccc4c(c3)sc3ccc(-n5c6ccccc6c6c7oc8ccccc8c7ccc65)cc34)cc12. The summed E-state index contributed by atoms with van der Waals surface area (Å²) in [7, 11) is 0. The van der Waals surface area contributed by atoms with Crippen molar-refractivity contribution in [3.05, 3.63) is 140 Å². The molecule has 46 heavy (non-hydrogen) atoms. The summed E-state index contributed by atoms with van der Waals surface area (Å²) < 4.78 is 17.5. The number of fused-ring (bicyclic) bond motifs is 13. The predicted molar refractivity (Wildman–Crippen MR) is 194 cm³/mol. The summed E-state index contributed by atoms with van der Waals surface area (Å²) in [5, 5.41) is 9.52. The van der Waals surface area contributed by atoms with Gasteiger partial charge >= 0.3 is 0 Å². The van der Waals surface area contributed by atoms with E-state index in [4.69, 9.17) is 8.83 Å². The number of aromatic nitrogens is 1. The molecule has 0 unspecified atom stereocenters. The van der Waals surface area contributed by atoms with Gasteiger partial charge in [-0.2, -0.15) is 0 Å². The van der Waals surface area contributed by atoms with Crippen LogP contribution in [0, 0.1) is 0 Å². The summed E-state index contributed by atoms with van der Waals surface area (Å²) in [6, 6.07) is 50.0. The van der Waals surface area contributed by atoms with Gasteiger partial charge in [0.25, 0.3) is 0 Å². The van der Waals surface area contributed by atoms with Crippen LogP contribution in [0.2, 0.25) is 0 Å². The van der Waals surface area contributed by atoms with Gasteiger partial charge in [0.1, 0.15) is 22.3 Å². The average Bonchev–Trinajstić information content (AvgIpc) is 3.85. The molecule has 0 atom stereocenters. The fourth-order valence-corrected chi connectivity index (χ4v) is 8.63. The summed E-state index contributed by atoms with van der Waals surface area (Å²) in [5.41, 5.74) is 9.60. The van der Waals surface area contributed by atoms with Gasteiger partial charge in [-0.15, -0.1) is 11.3 Å². The molecule has 0 saturated carbocycles. The highest BCUT2D eigenvalue weighted by molar-refractivity contribution is 7.25. The molecule has 7 aromatic carbocycles. The van der Waals surface area contributed by atoms with Crippen LogP contribution in [0.1, 0.15) is 0 Å². The maximum atomic E-state index is 6.51. The van der Waals surface area contributed by atoms with Crippen molar-refractivity contribution in [3.8, 4) is 16.8 Å². The molecule has 0 fully saturated rings. The Labute approximate surface area is 266 Å². The second kappa shape index (κ2) is 8.87. The van der Waals surface area contributed by atoms with E-state index in [1.54, 1.807) is 0 Å². The molecular weight excluding hydrogens is 583 g/mol. The summed E-state index contributed by atoms with van der Waals surface area (Å²) in [6.07, 6.45) is 0. The van der Waals surface area contributed by atoms with Crippen molar-refractivity contribution in [2.45, 2.75) is 0 Å². The lowest BCUT2D eigenvalue weighted by Crippen LogP contribution is -1.93. The van der Waals surface area contributed by atoms with Crippen molar-refractivity contribution < 1.29 is 8.83 Å². The van der Waals surface area contributed by atoms with Crippen LogP contribution >= 0.6 is 11.3 Å². The number of thiophene rings is 1. The van der Waals surface area contributed by atoms with Crippen molar-refractivity contribution in [2.75, 3.05) is 0 Å². The van der Waals surface area contributed by atoms with Crippen LogP contribution in [0.4, 0.5) is 0 Å². The zero-order valence-electron chi connectivity index (χ0n) is 24.5. The first-order chi connectivity index (χ1) is 22.8. The molecule has 0 spiro atoms. The maximum absolute atomic E-state index is 6.51. The average molecular weight is 606 g/mol. The van der Waals surface area contributed by atoms with Gasteiger partial charge in [0.2, 0.25) is 0 Å². The van der Waals surface area contributed by atoms with Crippen LogP contribution < -0.4 is 0 Å². The van der Waals surface area contributed by atoms with Gasteiger partial charge < -0.3 is 13.4 Å². The van der Waals surface area contributed by atoms with Crippen LogP contribution in [0.5, 0.6) is 0 Å². The molecule has 0 aliphatic heterocycles. The summed E-state index contributed by atoms with van der Waals surface area (Å²) in [6.45, 7) is 0. The Balaban J connectivity index is 1.10. The molecule has 4 aromatic heterocycles. The lowest BCUT2D eigenvalue weighted by Gasteiger charge is -2.08. The summed E-state index contributed by atoms with van der Waals surface area (Å²) in [5.74, 6) is 0. The van der Waals surface area contributed by atoms with Crippen molar-refractivity contribution in [1.29, 1.82) is 0 Å². The van der Waals surface area contributed by atoms with Gasteiger partial charge in [-0.1, -0.05) is 72.8 Å². The topological polar surface area (TPSA) is 31.2 Å². The molecule has 11 aromatic rings. The third kappa shape index (κ3) is 3.26. The zero-order valence-corrected chi connectivity index (χ0v) is 25.3. The Morgan fingerprint density at radius 3 is 2.00 bits per heavy atom. The monoisotopic (exact) mass is 605 g/mol. The minimum absolute atomic E-state index is 0.922. The third-order valence-electron chi connectivity index (χ3n) is 9.60. The van der Waals surface area contributed by atoms with E-state index in [1.807, 2.05) is 29.5 Å². The number of furan rings is 2. The number of nitrogens with zero attached hydrogens (tertiary/aromatic N) is 1. The molecule has 0 bridgehead atoms. The van der Waals surface area contributed by atoms with E-state index in [2.05, 4.69) is 126 Å². The van der Waals surface area contributed by atoms with E-state index in [9.17, 15) is 0 Å². The van der Waals surface area contributed by atoms with E-state index in [0.717, 1.165) is 60.5 Å². The largest absolute Gasteiger partial charge is 0.456 e. The Hall–Kier alpha value is -5.84. The molecule has 0 saturated heterocycles. The Bertz CT molecular complexity index is 3040. The van der Waals surface area contributed by atoms with Gasteiger partial charge in [0.05, 0.1) is 16.4 Å². The molecule has 4 heteroatoms. The van der Waals surface area contributed by atoms with E-state index in [-0.39, 0.29) is 0 Å². The zero-order chi connectivity index (χ0) is 29.9. The molecule has 0 amide bonds. The summed E-state index contributed by atoms with van der Waals surface area (Å²) >= 11 is 1.85. The molecule has 0 radical (unpaired) electrons. The highest BCUT2D eigenvalue weighted by atomic mass is 32.1. The van der Waals surface area contributed by atoms with Crippen LogP contribution in [-0.4, -0.2) is 4.57 Å². The number of hydrogen-bond donors (Lipinski definition) is 0. The van der Waals surface area contributed by atoms with Gasteiger partial charge in [0, 0.05) is 52.8 Å². The minimum atomic E-state index is 0.922. The second-order valence-electron chi connectivity index (χ2n) is 12.1. The quantitative estimate of drug-likeness (QED) is 0.196. The predicted octanol–water partition coefficient (Wildman–Crippen LogP) is 12.6. The van der Waals surface area contributed by atoms with Gasteiger partial charge in [-0.25, -0.2) is 0 Å². The smallest absolute Gasteiger partial charge is 0.145 e. The van der Waals surface area contributed by atoms with Gasteiger partial charge in [-0.05, 0) is 77.9 Å². The van der Waals surface area contributed by atoms with Crippen LogP contribution in [0.15, 0.2) is 148 Å². The molecule has 11 rings (SSSR count). The van der Waals surface area contributed by atoms with E-state index in [1.165, 1.54) is 42.2 Å². The number of hydrogen-bond acceptors (Lipinski definition) is 3. The van der Waals surface area contributed by atoms with Crippen molar-refractivity contribution in [1.82, 2.24) is 4.57 Å². The Morgan fingerprint density at radius 2 is 1.11 bits per heavy atom. The molecule has 3 nitrogen and oxygen atoms in total. The van der Waals surface area contributed by atoms with Crippen molar-refractivity contribution in [3.63, 3.8) is 0 Å². The van der Waals surface area contributed by atoms with Gasteiger partial charge in [-0.3, -0.25) is 0 Å². The Morgan fingerprint density at radius 1 is 0.413 bits per heavy atom. The fraction of sp³-hybridized carbons (Fsp3) is 0. The summed E-state index contributed by atoms with van der Waals surface area (Å²) in [4.78, 5) is 0. The van der Waals surface area contributed by atoms with Crippen molar-refractivity contribution >= 4 is 97.2 Å². The molecule has 0 N–H and O–H groups in total. The molecular formula is C42H23NO2S. The standard InChI is InChI=1S/C42H23NO2S/c1-4-10-34-31(9-1)41-35(18-17-30-27-7-2-6-12-37(27)45-42(30)41)43(34)26-15-20-39-33(23-26)29-16-13-25(22-40(29)46-39)24-14-19-38-32(21-24)28-8-3-5-11-36(28)44-38/h1-23H. The highest BCUT2D eigenvalue weighted by Crippen LogP contribution is 2.43.